The molecule has 1 fully saturated rings. The molecule has 0 atom stereocenters. The quantitative estimate of drug-likeness (QED) is 0.560. The minimum Gasteiger partial charge on any atom is -0.462 e. The third kappa shape index (κ3) is 5.60. The zero-order valence-corrected chi connectivity index (χ0v) is 20.3. The van der Waals surface area contributed by atoms with Crippen molar-refractivity contribution in [1.29, 1.82) is 0 Å². The van der Waals surface area contributed by atoms with Gasteiger partial charge in [0.1, 0.15) is 5.00 Å². The second-order valence-electron chi connectivity index (χ2n) is 7.47. The first kappa shape index (κ1) is 24.9. The summed E-state index contributed by atoms with van der Waals surface area (Å²) < 4.78 is 36.7. The number of hydrogen-bond donors (Lipinski definition) is 1. The largest absolute Gasteiger partial charge is 0.462 e. The highest BCUT2D eigenvalue weighted by molar-refractivity contribution is 7.89. The maximum atomic E-state index is 12.6. The Kier molecular flexibility index (Phi) is 7.88. The number of esters is 2. The Labute approximate surface area is 196 Å². The third-order valence-corrected chi connectivity index (χ3v) is 8.28. The third-order valence-electron chi connectivity index (χ3n) is 5.24. The van der Waals surface area contributed by atoms with Crippen molar-refractivity contribution in [3.8, 4) is 0 Å². The van der Waals surface area contributed by atoms with E-state index >= 15 is 0 Å². The smallest absolute Gasteiger partial charge is 0.341 e. The summed E-state index contributed by atoms with van der Waals surface area (Å²) in [6, 6.07) is 5.42. The van der Waals surface area contributed by atoms with Crippen molar-refractivity contribution in [2.45, 2.75) is 38.5 Å². The molecular formula is C22H26N2O7S2. The maximum absolute atomic E-state index is 12.6. The van der Waals surface area contributed by atoms with Gasteiger partial charge >= 0.3 is 11.9 Å². The van der Waals surface area contributed by atoms with Gasteiger partial charge in [-0.15, -0.1) is 11.3 Å². The molecular weight excluding hydrogens is 468 g/mol. The highest BCUT2D eigenvalue weighted by Crippen LogP contribution is 2.33. The molecule has 0 saturated carbocycles. The average molecular weight is 495 g/mol. The minimum absolute atomic E-state index is 0.105. The van der Waals surface area contributed by atoms with Crippen LogP contribution in [0.3, 0.4) is 0 Å². The monoisotopic (exact) mass is 494 g/mol. The first-order valence-electron chi connectivity index (χ1n) is 10.5. The number of nitrogens with zero attached hydrogens (tertiary/aromatic N) is 1. The van der Waals surface area contributed by atoms with Gasteiger partial charge < -0.3 is 14.8 Å². The van der Waals surface area contributed by atoms with Crippen LogP contribution in [0.2, 0.25) is 0 Å². The molecule has 1 aromatic heterocycles. The van der Waals surface area contributed by atoms with Gasteiger partial charge in [0.2, 0.25) is 10.0 Å². The molecule has 11 heteroatoms. The Morgan fingerprint density at radius 3 is 2.27 bits per heavy atom. The van der Waals surface area contributed by atoms with Gasteiger partial charge in [0.05, 0.1) is 22.6 Å². The fraction of sp³-hybridized carbons (Fsp3) is 0.409. The molecule has 1 aliphatic heterocycles. The van der Waals surface area contributed by atoms with Gasteiger partial charge in [0.15, 0.2) is 6.61 Å². The Morgan fingerprint density at radius 1 is 1.03 bits per heavy atom. The van der Waals surface area contributed by atoms with E-state index in [1.807, 2.05) is 6.92 Å². The fourth-order valence-corrected chi connectivity index (χ4v) is 5.96. The van der Waals surface area contributed by atoms with Crippen molar-refractivity contribution in [1.82, 2.24) is 4.31 Å². The SMILES string of the molecule is CCOC(=O)c1c(NC(=O)COC(=O)c2ccc(S(=O)(=O)N3CCCC3)cc2)sc(C)c1C. The van der Waals surface area contributed by atoms with Crippen LogP contribution < -0.4 is 5.32 Å². The lowest BCUT2D eigenvalue weighted by atomic mass is 10.1. The number of amides is 1. The zero-order chi connectivity index (χ0) is 24.2. The van der Waals surface area contributed by atoms with Crippen molar-refractivity contribution in [2.75, 3.05) is 31.6 Å². The second kappa shape index (κ2) is 10.4. The molecule has 2 heterocycles. The summed E-state index contributed by atoms with van der Waals surface area (Å²) >= 11 is 1.23. The molecule has 0 spiro atoms. The van der Waals surface area contributed by atoms with Crippen LogP contribution in [0, 0.1) is 13.8 Å². The summed E-state index contributed by atoms with van der Waals surface area (Å²) in [5.41, 5.74) is 1.13. The lowest BCUT2D eigenvalue weighted by molar-refractivity contribution is -0.119. The van der Waals surface area contributed by atoms with E-state index in [4.69, 9.17) is 9.47 Å². The molecule has 1 N–H and O–H groups in total. The molecule has 9 nitrogen and oxygen atoms in total. The normalized spacial score (nSPS) is 14.2. The maximum Gasteiger partial charge on any atom is 0.341 e. The van der Waals surface area contributed by atoms with Crippen LogP contribution in [0.25, 0.3) is 0 Å². The number of benzene rings is 1. The van der Waals surface area contributed by atoms with Gasteiger partial charge in [-0.1, -0.05) is 0 Å². The predicted molar refractivity (Wildman–Crippen MR) is 123 cm³/mol. The standard InChI is InChI=1S/C22H26N2O7S2/c1-4-30-22(27)19-14(2)15(3)32-20(19)23-18(25)13-31-21(26)16-7-9-17(10-8-16)33(28,29)24-11-5-6-12-24/h7-10H,4-6,11-13H2,1-3H3,(H,23,25). The number of ether oxygens (including phenoxy) is 2. The van der Waals surface area contributed by atoms with Crippen molar-refractivity contribution in [3.63, 3.8) is 0 Å². The van der Waals surface area contributed by atoms with Gasteiger partial charge in [0.25, 0.3) is 5.91 Å². The molecule has 0 unspecified atom stereocenters. The minimum atomic E-state index is -3.58. The molecule has 2 aromatic rings. The Hall–Kier alpha value is -2.76. The van der Waals surface area contributed by atoms with Crippen molar-refractivity contribution >= 4 is 44.2 Å². The molecule has 178 valence electrons. The van der Waals surface area contributed by atoms with Gasteiger partial charge in [-0.2, -0.15) is 4.31 Å². The van der Waals surface area contributed by atoms with Gasteiger partial charge in [-0.3, -0.25) is 4.79 Å². The van der Waals surface area contributed by atoms with Crippen LogP contribution >= 0.6 is 11.3 Å². The highest BCUT2D eigenvalue weighted by Gasteiger charge is 2.27. The van der Waals surface area contributed by atoms with Crippen LogP contribution in [-0.2, 0) is 24.3 Å². The summed E-state index contributed by atoms with van der Waals surface area (Å²) in [6.45, 7) is 5.90. The lowest BCUT2D eigenvalue weighted by Crippen LogP contribution is -2.27. The highest BCUT2D eigenvalue weighted by atomic mass is 32.2. The summed E-state index contributed by atoms with van der Waals surface area (Å²) in [4.78, 5) is 37.8. The van der Waals surface area contributed by atoms with E-state index in [0.29, 0.717) is 18.1 Å². The topological polar surface area (TPSA) is 119 Å². The number of aryl methyl sites for hydroxylation is 1. The van der Waals surface area contributed by atoms with E-state index in [0.717, 1.165) is 23.3 Å². The average Bonchev–Trinajstić information content (AvgIpc) is 3.42. The lowest BCUT2D eigenvalue weighted by Gasteiger charge is -2.15. The van der Waals surface area contributed by atoms with E-state index < -0.39 is 34.5 Å². The number of carbonyl (C=O) groups excluding carboxylic acids is 3. The van der Waals surface area contributed by atoms with E-state index in [2.05, 4.69) is 5.32 Å². The molecule has 0 radical (unpaired) electrons. The Balaban J connectivity index is 1.61. The summed E-state index contributed by atoms with van der Waals surface area (Å²) in [5.74, 6) is -1.90. The van der Waals surface area contributed by atoms with E-state index in [1.165, 1.54) is 39.9 Å². The van der Waals surface area contributed by atoms with E-state index in [9.17, 15) is 22.8 Å². The van der Waals surface area contributed by atoms with Gasteiger partial charge in [-0.05, 0) is 63.4 Å². The molecule has 33 heavy (non-hydrogen) atoms. The first-order valence-corrected chi connectivity index (χ1v) is 12.7. The van der Waals surface area contributed by atoms with Crippen molar-refractivity contribution in [2.24, 2.45) is 0 Å². The molecule has 3 rings (SSSR count). The summed E-state index contributed by atoms with van der Waals surface area (Å²) in [6.07, 6.45) is 1.66. The molecule has 1 saturated heterocycles. The van der Waals surface area contributed by atoms with E-state index in [-0.39, 0.29) is 22.6 Å². The van der Waals surface area contributed by atoms with Crippen LogP contribution in [-0.4, -0.2) is 56.9 Å². The van der Waals surface area contributed by atoms with Crippen LogP contribution in [0.15, 0.2) is 29.2 Å². The molecule has 1 amide bonds. The van der Waals surface area contributed by atoms with Crippen LogP contribution in [0.4, 0.5) is 5.00 Å². The second-order valence-corrected chi connectivity index (χ2v) is 10.6. The van der Waals surface area contributed by atoms with Gasteiger partial charge in [-0.25, -0.2) is 18.0 Å². The Bertz CT molecular complexity index is 1150. The number of carbonyl (C=O) groups is 3. The van der Waals surface area contributed by atoms with Crippen molar-refractivity contribution < 1.29 is 32.3 Å². The number of thiophene rings is 1. The van der Waals surface area contributed by atoms with E-state index in [1.54, 1.807) is 13.8 Å². The Morgan fingerprint density at radius 2 is 1.67 bits per heavy atom. The number of nitrogens with one attached hydrogen (secondary N) is 1. The number of sulfonamides is 1. The van der Waals surface area contributed by atoms with Gasteiger partial charge in [0, 0.05) is 18.0 Å². The summed E-state index contributed by atoms with van der Waals surface area (Å²) in [7, 11) is -3.58. The number of anilines is 1. The first-order chi connectivity index (χ1) is 15.6. The zero-order valence-electron chi connectivity index (χ0n) is 18.7. The predicted octanol–water partition coefficient (Wildman–Crippen LogP) is 3.12. The van der Waals surface area contributed by atoms with Crippen LogP contribution in [0.5, 0.6) is 0 Å². The number of hydrogen-bond acceptors (Lipinski definition) is 8. The molecule has 0 bridgehead atoms. The molecule has 1 aromatic carbocycles. The number of rotatable bonds is 8. The van der Waals surface area contributed by atoms with Crippen LogP contribution in [0.1, 0.15) is 50.9 Å². The molecule has 0 aliphatic carbocycles. The summed E-state index contributed by atoms with van der Waals surface area (Å²) in [5, 5.41) is 2.93. The molecule has 1 aliphatic rings. The van der Waals surface area contributed by atoms with Crippen molar-refractivity contribution in [3.05, 3.63) is 45.8 Å². The fourth-order valence-electron chi connectivity index (χ4n) is 3.38.